The summed E-state index contributed by atoms with van der Waals surface area (Å²) in [7, 11) is -0.725. The van der Waals surface area contributed by atoms with Crippen LogP contribution in [0.2, 0.25) is 0 Å². The van der Waals surface area contributed by atoms with Gasteiger partial charge in [-0.1, -0.05) is 6.07 Å². The van der Waals surface area contributed by atoms with Gasteiger partial charge >= 0.3 is 0 Å². The molecule has 1 saturated carbocycles. The Labute approximate surface area is 124 Å². The average Bonchev–Trinajstić information content (AvgIpc) is 3.21. The highest BCUT2D eigenvalue weighted by atomic mass is 32.2. The highest BCUT2D eigenvalue weighted by Crippen LogP contribution is 2.28. The molecule has 1 amide bonds. The van der Waals surface area contributed by atoms with Crippen LogP contribution in [-0.2, 0) is 14.8 Å². The molecule has 2 rings (SSSR count). The maximum absolute atomic E-state index is 12.1. The van der Waals surface area contributed by atoms with Gasteiger partial charge in [-0.05, 0) is 25.0 Å². The van der Waals surface area contributed by atoms with Gasteiger partial charge in [0.2, 0.25) is 15.9 Å². The number of nitrogens with zero attached hydrogens (tertiary/aromatic N) is 1. The number of carbonyl (C=O) groups excluding carboxylic acids is 1. The number of carbonyl (C=O) groups is 1. The lowest BCUT2D eigenvalue weighted by molar-refractivity contribution is -0.119. The van der Waals surface area contributed by atoms with Gasteiger partial charge in [-0.15, -0.1) is 0 Å². The number of nitrogen functional groups attached to an aromatic ring is 1. The average molecular weight is 312 g/mol. The van der Waals surface area contributed by atoms with Gasteiger partial charge < -0.3 is 16.4 Å². The van der Waals surface area contributed by atoms with E-state index >= 15 is 0 Å². The molecule has 0 saturated heterocycles. The van der Waals surface area contributed by atoms with Crippen molar-refractivity contribution in [3.63, 3.8) is 0 Å². The molecular formula is C13H20N4O3S. The van der Waals surface area contributed by atoms with Crippen LogP contribution in [0.3, 0.4) is 0 Å². The molecule has 1 fully saturated rings. The van der Waals surface area contributed by atoms with Crippen LogP contribution >= 0.6 is 0 Å². The molecule has 1 aromatic carbocycles. The van der Waals surface area contributed by atoms with Crippen molar-refractivity contribution < 1.29 is 13.2 Å². The summed E-state index contributed by atoms with van der Waals surface area (Å²) >= 11 is 0. The van der Waals surface area contributed by atoms with Gasteiger partial charge in [0.1, 0.15) is 4.90 Å². The summed E-state index contributed by atoms with van der Waals surface area (Å²) in [6.07, 6.45) is 2.04. The van der Waals surface area contributed by atoms with Crippen molar-refractivity contribution in [2.24, 2.45) is 0 Å². The van der Waals surface area contributed by atoms with Gasteiger partial charge in [0, 0.05) is 20.1 Å². The second kappa shape index (κ2) is 5.90. The van der Waals surface area contributed by atoms with E-state index in [1.807, 2.05) is 0 Å². The summed E-state index contributed by atoms with van der Waals surface area (Å²) in [6, 6.07) is 4.97. The van der Waals surface area contributed by atoms with Gasteiger partial charge in [0.15, 0.2) is 0 Å². The molecule has 7 nitrogen and oxygen atoms in total. The second-order valence-electron chi connectivity index (χ2n) is 5.20. The molecular weight excluding hydrogens is 292 g/mol. The Morgan fingerprint density at radius 2 is 2.05 bits per heavy atom. The number of hydrogen-bond donors (Lipinski definition) is 3. The first kappa shape index (κ1) is 15.6. The topological polar surface area (TPSA) is 105 Å². The number of anilines is 2. The molecule has 0 bridgehead atoms. The van der Waals surface area contributed by atoms with Crippen molar-refractivity contribution in [3.8, 4) is 0 Å². The quantitative estimate of drug-likeness (QED) is 0.651. The lowest BCUT2D eigenvalue weighted by Crippen LogP contribution is -2.31. The van der Waals surface area contributed by atoms with Crippen molar-refractivity contribution in [1.82, 2.24) is 9.62 Å². The van der Waals surface area contributed by atoms with Crippen LogP contribution < -0.4 is 16.4 Å². The zero-order chi connectivity index (χ0) is 15.6. The van der Waals surface area contributed by atoms with Crippen molar-refractivity contribution in [2.75, 3.05) is 31.7 Å². The Morgan fingerprint density at radius 1 is 1.38 bits per heavy atom. The molecule has 21 heavy (non-hydrogen) atoms. The van der Waals surface area contributed by atoms with Crippen LogP contribution in [0, 0.1) is 0 Å². The van der Waals surface area contributed by atoms with Crippen LogP contribution in [0.5, 0.6) is 0 Å². The van der Waals surface area contributed by atoms with Crippen LogP contribution in [0.15, 0.2) is 23.1 Å². The Morgan fingerprint density at radius 3 is 2.62 bits per heavy atom. The fraction of sp³-hybridized carbons (Fsp3) is 0.462. The minimum Gasteiger partial charge on any atom is -0.396 e. The molecule has 1 aromatic rings. The minimum atomic E-state index is -3.61. The number of benzene rings is 1. The number of rotatable bonds is 6. The Balaban J connectivity index is 2.12. The summed E-state index contributed by atoms with van der Waals surface area (Å²) < 4.78 is 25.4. The first-order valence-corrected chi connectivity index (χ1v) is 8.10. The lowest BCUT2D eigenvalue weighted by Gasteiger charge is -2.16. The van der Waals surface area contributed by atoms with Gasteiger partial charge in [-0.2, -0.15) is 0 Å². The van der Waals surface area contributed by atoms with E-state index in [0.717, 1.165) is 17.1 Å². The number of para-hydroxylation sites is 1. The third kappa shape index (κ3) is 3.64. The maximum Gasteiger partial charge on any atom is 0.244 e. The SMILES string of the molecule is CN(C)S(=O)(=O)c1cccc(NCC(=O)NC2CC2)c1N. The van der Waals surface area contributed by atoms with E-state index in [1.54, 1.807) is 12.1 Å². The monoisotopic (exact) mass is 312 g/mol. The molecule has 4 N–H and O–H groups in total. The van der Waals surface area contributed by atoms with Crippen molar-refractivity contribution in [2.45, 2.75) is 23.8 Å². The summed E-state index contributed by atoms with van der Waals surface area (Å²) in [4.78, 5) is 11.7. The molecule has 0 heterocycles. The maximum atomic E-state index is 12.1. The molecule has 0 radical (unpaired) electrons. The van der Waals surface area contributed by atoms with Gasteiger partial charge in [0.25, 0.3) is 0 Å². The molecule has 0 aliphatic heterocycles. The molecule has 1 aliphatic rings. The van der Waals surface area contributed by atoms with Crippen molar-refractivity contribution >= 4 is 27.3 Å². The third-order valence-electron chi connectivity index (χ3n) is 3.21. The van der Waals surface area contributed by atoms with Crippen LogP contribution in [-0.4, -0.2) is 45.3 Å². The first-order valence-electron chi connectivity index (χ1n) is 6.66. The molecule has 8 heteroatoms. The number of nitrogens with one attached hydrogen (secondary N) is 2. The summed E-state index contributed by atoms with van der Waals surface area (Å²) in [5, 5.41) is 5.72. The Bertz CT molecular complexity index is 639. The Kier molecular flexibility index (Phi) is 4.38. The fourth-order valence-corrected chi connectivity index (χ4v) is 2.83. The van der Waals surface area contributed by atoms with Gasteiger partial charge in [0.05, 0.1) is 17.9 Å². The fourth-order valence-electron chi connectivity index (χ4n) is 1.80. The molecule has 0 spiro atoms. The van der Waals surface area contributed by atoms with E-state index in [4.69, 9.17) is 5.73 Å². The van der Waals surface area contributed by atoms with Crippen molar-refractivity contribution in [3.05, 3.63) is 18.2 Å². The highest BCUT2D eigenvalue weighted by Gasteiger charge is 2.24. The molecule has 0 unspecified atom stereocenters. The third-order valence-corrected chi connectivity index (χ3v) is 5.08. The molecule has 1 aliphatic carbocycles. The Hall–Kier alpha value is -1.80. The zero-order valence-corrected chi connectivity index (χ0v) is 12.9. The van der Waals surface area contributed by atoms with E-state index < -0.39 is 10.0 Å². The molecule has 116 valence electrons. The van der Waals surface area contributed by atoms with Crippen molar-refractivity contribution in [1.29, 1.82) is 0 Å². The summed E-state index contributed by atoms with van der Waals surface area (Å²) in [5.74, 6) is -0.127. The summed E-state index contributed by atoms with van der Waals surface area (Å²) in [6.45, 7) is 0.0617. The normalized spacial score (nSPS) is 15.0. The summed E-state index contributed by atoms with van der Waals surface area (Å²) in [5.41, 5.74) is 6.46. The standard InChI is InChI=1S/C13H20N4O3S/c1-17(2)21(19,20)11-5-3-4-10(13(11)14)15-8-12(18)16-9-6-7-9/h3-5,9,15H,6-8,14H2,1-2H3,(H,16,18). The van der Waals surface area contributed by atoms with Crippen LogP contribution in [0.25, 0.3) is 0 Å². The van der Waals surface area contributed by atoms with E-state index in [1.165, 1.54) is 20.2 Å². The second-order valence-corrected chi connectivity index (χ2v) is 7.32. The lowest BCUT2D eigenvalue weighted by atomic mass is 10.2. The predicted octanol–water partition coefficient (Wildman–Crippen LogP) is 0.210. The first-order chi connectivity index (χ1) is 9.82. The minimum absolute atomic E-state index is 0.0279. The van der Waals surface area contributed by atoms with Crippen LogP contribution in [0.4, 0.5) is 11.4 Å². The highest BCUT2D eigenvalue weighted by molar-refractivity contribution is 7.89. The van der Waals surface area contributed by atoms with E-state index in [9.17, 15) is 13.2 Å². The van der Waals surface area contributed by atoms with E-state index in [2.05, 4.69) is 10.6 Å². The molecule has 0 aromatic heterocycles. The number of nitrogens with two attached hydrogens (primary N) is 1. The van der Waals surface area contributed by atoms with Gasteiger partial charge in [-0.3, -0.25) is 4.79 Å². The zero-order valence-electron chi connectivity index (χ0n) is 12.1. The largest absolute Gasteiger partial charge is 0.396 e. The molecule has 0 atom stereocenters. The van der Waals surface area contributed by atoms with E-state index in [0.29, 0.717) is 5.69 Å². The number of sulfonamides is 1. The van der Waals surface area contributed by atoms with Crippen LogP contribution in [0.1, 0.15) is 12.8 Å². The van der Waals surface area contributed by atoms with Gasteiger partial charge in [-0.25, -0.2) is 12.7 Å². The van der Waals surface area contributed by atoms with E-state index in [-0.39, 0.29) is 29.1 Å². The number of hydrogen-bond acceptors (Lipinski definition) is 5. The number of amides is 1. The predicted molar refractivity (Wildman–Crippen MR) is 81.4 cm³/mol. The smallest absolute Gasteiger partial charge is 0.244 e.